The van der Waals surface area contributed by atoms with Gasteiger partial charge in [-0.25, -0.2) is 0 Å². The summed E-state index contributed by atoms with van der Waals surface area (Å²) in [5.74, 6) is 0.0701. The topological polar surface area (TPSA) is 63.6 Å². The van der Waals surface area contributed by atoms with Crippen LogP contribution >= 0.6 is 0 Å². The number of aryl methyl sites for hydroxylation is 1. The van der Waals surface area contributed by atoms with Crippen molar-refractivity contribution in [1.82, 2.24) is 4.98 Å². The number of morpholine rings is 1. The lowest BCUT2D eigenvalue weighted by molar-refractivity contribution is -0.906. The molecule has 1 aliphatic rings. The second kappa shape index (κ2) is 6.12. The highest BCUT2D eigenvalue weighted by Gasteiger charge is 2.29. The van der Waals surface area contributed by atoms with Gasteiger partial charge in [0.2, 0.25) is 5.78 Å². The molecule has 0 radical (unpaired) electrons. The first-order valence-electron chi connectivity index (χ1n) is 7.52. The van der Waals surface area contributed by atoms with Crippen molar-refractivity contribution >= 4 is 11.6 Å². The van der Waals surface area contributed by atoms with Crippen LogP contribution in [-0.4, -0.2) is 48.4 Å². The van der Waals surface area contributed by atoms with Crippen molar-refractivity contribution in [2.45, 2.75) is 46.8 Å². The average molecular weight is 293 g/mol. The average Bonchev–Trinajstić information content (AvgIpc) is 2.63. The number of carbonyl (C=O) groups excluding carboxylic acids is 2. The fourth-order valence-electron chi connectivity index (χ4n) is 3.41. The maximum Gasteiger partial charge on any atom is 0.233 e. The van der Waals surface area contributed by atoms with Gasteiger partial charge in [0.25, 0.3) is 0 Å². The van der Waals surface area contributed by atoms with E-state index >= 15 is 0 Å². The number of quaternary nitrogens is 1. The van der Waals surface area contributed by atoms with E-state index in [4.69, 9.17) is 4.74 Å². The summed E-state index contributed by atoms with van der Waals surface area (Å²) >= 11 is 0. The van der Waals surface area contributed by atoms with E-state index in [-0.39, 0.29) is 23.8 Å². The van der Waals surface area contributed by atoms with Crippen molar-refractivity contribution in [2.24, 2.45) is 0 Å². The van der Waals surface area contributed by atoms with Gasteiger partial charge in [-0.2, -0.15) is 0 Å². The van der Waals surface area contributed by atoms with Crippen LogP contribution in [0, 0.1) is 13.8 Å². The predicted octanol–water partition coefficient (Wildman–Crippen LogP) is 0.709. The van der Waals surface area contributed by atoms with Gasteiger partial charge in [-0.1, -0.05) is 0 Å². The molecule has 0 aliphatic carbocycles. The molecule has 2 atom stereocenters. The molecular weight excluding hydrogens is 268 g/mol. The van der Waals surface area contributed by atoms with E-state index in [0.717, 1.165) is 24.3 Å². The van der Waals surface area contributed by atoms with Gasteiger partial charge in [0, 0.05) is 11.3 Å². The van der Waals surface area contributed by atoms with Gasteiger partial charge in [-0.15, -0.1) is 0 Å². The van der Waals surface area contributed by atoms with Crippen LogP contribution in [-0.2, 0) is 4.74 Å². The highest BCUT2D eigenvalue weighted by molar-refractivity contribution is 6.03. The maximum atomic E-state index is 12.5. The summed E-state index contributed by atoms with van der Waals surface area (Å²) < 4.78 is 5.70. The lowest BCUT2D eigenvalue weighted by atomic mass is 10.0. The molecule has 0 bridgehead atoms. The Hall–Kier alpha value is -1.46. The number of carbonyl (C=O) groups is 2. The van der Waals surface area contributed by atoms with Crippen molar-refractivity contribution in [3.63, 3.8) is 0 Å². The Morgan fingerprint density at radius 3 is 2.29 bits per heavy atom. The van der Waals surface area contributed by atoms with E-state index in [1.54, 1.807) is 0 Å². The number of aromatic amines is 1. The summed E-state index contributed by atoms with van der Waals surface area (Å²) in [5.41, 5.74) is 2.79. The van der Waals surface area contributed by atoms with E-state index in [1.165, 1.54) is 11.8 Å². The van der Waals surface area contributed by atoms with E-state index in [2.05, 4.69) is 4.98 Å². The number of aromatic nitrogens is 1. The van der Waals surface area contributed by atoms with Crippen LogP contribution in [0.4, 0.5) is 0 Å². The minimum absolute atomic E-state index is 0.00117. The van der Waals surface area contributed by atoms with Gasteiger partial charge in [-0.3, -0.25) is 9.59 Å². The summed E-state index contributed by atoms with van der Waals surface area (Å²) in [6, 6.07) is 0. The standard InChI is InChI=1S/C16H24N2O3/c1-9-6-18(7-10(2)21-9)8-14(20)16-11(3)15(13(5)19)12(4)17-16/h9-10,17H,6-8H2,1-5H3/p+1/t9-,10-/m1/s1. The molecule has 0 unspecified atom stereocenters. The Kier molecular flexibility index (Phi) is 4.64. The fraction of sp³-hybridized carbons (Fsp3) is 0.625. The first kappa shape index (κ1) is 15.9. The molecule has 1 fully saturated rings. The molecule has 0 saturated carbocycles. The lowest BCUT2D eigenvalue weighted by Gasteiger charge is -2.31. The molecule has 1 saturated heterocycles. The molecule has 2 N–H and O–H groups in total. The Morgan fingerprint density at radius 2 is 1.81 bits per heavy atom. The van der Waals surface area contributed by atoms with Crippen LogP contribution in [0.15, 0.2) is 0 Å². The minimum Gasteiger partial charge on any atom is -0.364 e. The first-order valence-corrected chi connectivity index (χ1v) is 7.52. The highest BCUT2D eigenvalue weighted by atomic mass is 16.5. The first-order chi connectivity index (χ1) is 9.79. The van der Waals surface area contributed by atoms with E-state index in [0.29, 0.717) is 17.8 Å². The molecule has 2 heterocycles. The third-order valence-corrected chi connectivity index (χ3v) is 4.10. The lowest BCUT2D eigenvalue weighted by Crippen LogP contribution is -3.16. The summed E-state index contributed by atoms with van der Waals surface area (Å²) in [6.45, 7) is 11.4. The zero-order valence-corrected chi connectivity index (χ0v) is 13.5. The summed E-state index contributed by atoms with van der Waals surface area (Å²) in [7, 11) is 0. The van der Waals surface area contributed by atoms with E-state index < -0.39 is 0 Å². The van der Waals surface area contributed by atoms with Crippen LogP contribution in [0.5, 0.6) is 0 Å². The minimum atomic E-state index is 0.00117. The molecule has 21 heavy (non-hydrogen) atoms. The van der Waals surface area contributed by atoms with Gasteiger partial charge in [0.1, 0.15) is 31.8 Å². The van der Waals surface area contributed by atoms with Crippen molar-refractivity contribution in [3.8, 4) is 0 Å². The molecule has 0 spiro atoms. The van der Waals surface area contributed by atoms with Crippen molar-refractivity contribution in [3.05, 3.63) is 22.5 Å². The molecule has 5 nitrogen and oxygen atoms in total. The van der Waals surface area contributed by atoms with Crippen molar-refractivity contribution in [2.75, 3.05) is 19.6 Å². The van der Waals surface area contributed by atoms with Gasteiger partial charge in [0.15, 0.2) is 5.78 Å². The van der Waals surface area contributed by atoms with Crippen molar-refractivity contribution in [1.29, 1.82) is 0 Å². The number of H-pyrrole nitrogens is 1. The van der Waals surface area contributed by atoms with Crippen LogP contribution in [0.1, 0.15) is 52.9 Å². The van der Waals surface area contributed by atoms with E-state index in [1.807, 2.05) is 27.7 Å². The van der Waals surface area contributed by atoms with Crippen LogP contribution in [0.25, 0.3) is 0 Å². The molecule has 0 aromatic carbocycles. The predicted molar refractivity (Wildman–Crippen MR) is 80.2 cm³/mol. The van der Waals surface area contributed by atoms with E-state index in [9.17, 15) is 9.59 Å². The second-order valence-corrected chi connectivity index (χ2v) is 6.20. The third kappa shape index (κ3) is 3.41. The van der Waals surface area contributed by atoms with Gasteiger partial charge < -0.3 is 14.6 Å². The number of hydrogen-bond donors (Lipinski definition) is 2. The Morgan fingerprint density at radius 1 is 1.24 bits per heavy atom. The monoisotopic (exact) mass is 293 g/mol. The van der Waals surface area contributed by atoms with Gasteiger partial charge in [-0.05, 0) is 40.2 Å². The highest BCUT2D eigenvalue weighted by Crippen LogP contribution is 2.18. The zero-order valence-electron chi connectivity index (χ0n) is 13.5. The fourth-order valence-corrected chi connectivity index (χ4v) is 3.41. The number of rotatable bonds is 4. The smallest absolute Gasteiger partial charge is 0.233 e. The molecule has 1 aromatic heterocycles. The number of ketones is 2. The van der Waals surface area contributed by atoms with Gasteiger partial charge in [0.05, 0.1) is 5.69 Å². The summed E-state index contributed by atoms with van der Waals surface area (Å²) in [5, 5.41) is 0. The Labute approximate surface area is 125 Å². The third-order valence-electron chi connectivity index (χ3n) is 4.10. The van der Waals surface area contributed by atoms with Crippen LogP contribution in [0.2, 0.25) is 0 Å². The summed E-state index contributed by atoms with van der Waals surface area (Å²) in [4.78, 5) is 28.5. The Bertz CT molecular complexity index is 552. The molecule has 5 heteroatoms. The molecule has 2 rings (SSSR count). The zero-order chi connectivity index (χ0) is 15.7. The Balaban J connectivity index is 2.14. The maximum absolute atomic E-state index is 12.5. The number of hydrogen-bond acceptors (Lipinski definition) is 3. The number of ether oxygens (including phenoxy) is 1. The molecule has 116 valence electrons. The normalized spacial score (nSPS) is 25.9. The largest absolute Gasteiger partial charge is 0.364 e. The quantitative estimate of drug-likeness (QED) is 0.804. The van der Waals surface area contributed by atoms with Crippen LogP contribution in [0.3, 0.4) is 0 Å². The SMILES string of the molecule is CC(=O)c1c(C)[nH]c(C(=O)C[NH+]2C[C@@H](C)O[C@H](C)C2)c1C. The second-order valence-electron chi connectivity index (χ2n) is 6.20. The number of nitrogens with one attached hydrogen (secondary N) is 2. The molecule has 1 aromatic rings. The summed E-state index contributed by atoms with van der Waals surface area (Å²) in [6.07, 6.45) is 0.353. The molecule has 1 aliphatic heterocycles. The molecular formula is C16H25N2O3+. The molecule has 0 amide bonds. The van der Waals surface area contributed by atoms with Crippen molar-refractivity contribution < 1.29 is 19.2 Å². The van der Waals surface area contributed by atoms with Gasteiger partial charge >= 0.3 is 0 Å². The number of Topliss-reactive ketones (excluding diaryl/α,β-unsaturated/α-hetero) is 2. The van der Waals surface area contributed by atoms with Crippen LogP contribution < -0.4 is 4.90 Å².